The van der Waals surface area contributed by atoms with E-state index in [0.29, 0.717) is 18.8 Å². The molecule has 19 heavy (non-hydrogen) atoms. The van der Waals surface area contributed by atoms with E-state index in [4.69, 9.17) is 5.73 Å². The van der Waals surface area contributed by atoms with Crippen molar-refractivity contribution in [3.05, 3.63) is 24.3 Å². The van der Waals surface area contributed by atoms with Gasteiger partial charge in [-0.1, -0.05) is 0 Å². The molecule has 5 nitrogen and oxygen atoms in total. The molecule has 1 amide bonds. The van der Waals surface area contributed by atoms with Gasteiger partial charge in [0.05, 0.1) is 4.90 Å². The second-order valence-corrected chi connectivity index (χ2v) is 7.06. The predicted octanol–water partition coefficient (Wildman–Crippen LogP) is 1.05. The molecule has 0 spiro atoms. The second-order valence-electron chi connectivity index (χ2n) is 4.79. The lowest BCUT2D eigenvalue weighted by molar-refractivity contribution is -0.129. The topological polar surface area (TPSA) is 80.5 Å². The summed E-state index contributed by atoms with van der Waals surface area (Å²) < 4.78 is 24.7. The fourth-order valence-corrected chi connectivity index (χ4v) is 3.53. The first-order valence-corrected chi connectivity index (χ1v) is 7.86. The third-order valence-corrected chi connectivity index (χ3v) is 5.50. The van der Waals surface area contributed by atoms with Crippen LogP contribution in [0.5, 0.6) is 0 Å². The van der Waals surface area contributed by atoms with Crippen molar-refractivity contribution in [3.63, 3.8) is 0 Å². The van der Waals surface area contributed by atoms with Gasteiger partial charge in [-0.2, -0.15) is 0 Å². The maximum absolute atomic E-state index is 12.4. The van der Waals surface area contributed by atoms with E-state index in [0.717, 1.165) is 12.8 Å². The standard InChI is InChI=1S/C13H18N2O3S/c1-10(13(16)15-8-2-3-9-15)19(17,18)12-6-4-11(14)5-7-12/h4-7,10H,2-3,8-9,14H2,1H3. The summed E-state index contributed by atoms with van der Waals surface area (Å²) in [4.78, 5) is 13.9. The number of carbonyl (C=O) groups is 1. The molecule has 0 aromatic heterocycles. The number of amides is 1. The number of hydrogen-bond donors (Lipinski definition) is 1. The number of sulfone groups is 1. The summed E-state index contributed by atoms with van der Waals surface area (Å²) in [5.74, 6) is -0.311. The molecular formula is C13H18N2O3S. The number of nitrogens with two attached hydrogens (primary N) is 1. The lowest BCUT2D eigenvalue weighted by Crippen LogP contribution is -2.39. The van der Waals surface area contributed by atoms with Crippen LogP contribution in [0, 0.1) is 0 Å². The van der Waals surface area contributed by atoms with Crippen LogP contribution < -0.4 is 5.73 Å². The molecule has 1 aromatic rings. The number of likely N-dealkylation sites (tertiary alicyclic amines) is 1. The monoisotopic (exact) mass is 282 g/mol. The highest BCUT2D eigenvalue weighted by Crippen LogP contribution is 2.20. The van der Waals surface area contributed by atoms with Gasteiger partial charge in [0.2, 0.25) is 5.91 Å². The lowest BCUT2D eigenvalue weighted by atomic mass is 10.3. The number of anilines is 1. The fourth-order valence-electron chi connectivity index (χ4n) is 2.19. The minimum atomic E-state index is -3.64. The number of benzene rings is 1. The zero-order chi connectivity index (χ0) is 14.0. The third-order valence-electron chi connectivity index (χ3n) is 3.44. The van der Waals surface area contributed by atoms with Gasteiger partial charge in [-0.05, 0) is 44.0 Å². The second kappa shape index (κ2) is 5.21. The third kappa shape index (κ3) is 2.73. The Kier molecular flexibility index (Phi) is 3.80. The van der Waals surface area contributed by atoms with Gasteiger partial charge in [-0.3, -0.25) is 4.79 Å². The molecule has 0 aliphatic carbocycles. The smallest absolute Gasteiger partial charge is 0.241 e. The highest BCUT2D eigenvalue weighted by Gasteiger charge is 2.33. The Morgan fingerprint density at radius 1 is 1.21 bits per heavy atom. The first-order chi connectivity index (χ1) is 8.93. The van der Waals surface area contributed by atoms with Crippen molar-refractivity contribution in [3.8, 4) is 0 Å². The minimum absolute atomic E-state index is 0.141. The molecule has 1 aromatic carbocycles. The fraction of sp³-hybridized carbons (Fsp3) is 0.462. The van der Waals surface area contributed by atoms with Gasteiger partial charge in [0.25, 0.3) is 0 Å². The molecule has 1 unspecified atom stereocenters. The number of nitrogen functional groups attached to an aromatic ring is 1. The van der Waals surface area contributed by atoms with E-state index < -0.39 is 15.1 Å². The van der Waals surface area contributed by atoms with Crippen LogP contribution in [0.4, 0.5) is 5.69 Å². The quantitative estimate of drug-likeness (QED) is 0.840. The van der Waals surface area contributed by atoms with Crippen molar-refractivity contribution in [2.45, 2.75) is 29.9 Å². The summed E-state index contributed by atoms with van der Waals surface area (Å²) in [5.41, 5.74) is 6.03. The first-order valence-electron chi connectivity index (χ1n) is 6.31. The van der Waals surface area contributed by atoms with E-state index >= 15 is 0 Å². The molecule has 6 heteroatoms. The summed E-state index contributed by atoms with van der Waals surface area (Å²) in [6.45, 7) is 2.76. The molecule has 1 heterocycles. The zero-order valence-electron chi connectivity index (χ0n) is 10.9. The van der Waals surface area contributed by atoms with Crippen molar-refractivity contribution in [2.75, 3.05) is 18.8 Å². The van der Waals surface area contributed by atoms with Gasteiger partial charge in [0, 0.05) is 18.8 Å². The summed E-state index contributed by atoms with van der Waals surface area (Å²) in [7, 11) is -3.64. The molecule has 1 aliphatic rings. The Morgan fingerprint density at radius 3 is 2.26 bits per heavy atom. The number of nitrogens with zero attached hydrogens (tertiary/aromatic N) is 1. The van der Waals surface area contributed by atoms with Gasteiger partial charge in [0.15, 0.2) is 9.84 Å². The van der Waals surface area contributed by atoms with E-state index in [1.807, 2.05) is 0 Å². The van der Waals surface area contributed by atoms with Crippen LogP contribution in [-0.4, -0.2) is 37.6 Å². The Morgan fingerprint density at radius 2 is 1.74 bits per heavy atom. The maximum atomic E-state index is 12.4. The molecule has 1 saturated heterocycles. The van der Waals surface area contributed by atoms with Crippen LogP contribution in [0.3, 0.4) is 0 Å². The van der Waals surface area contributed by atoms with Gasteiger partial charge in [-0.15, -0.1) is 0 Å². The maximum Gasteiger partial charge on any atom is 0.241 e. The molecule has 1 atom stereocenters. The van der Waals surface area contributed by atoms with Crippen LogP contribution in [-0.2, 0) is 14.6 Å². The molecule has 104 valence electrons. The van der Waals surface area contributed by atoms with E-state index in [9.17, 15) is 13.2 Å². The molecule has 0 radical (unpaired) electrons. The molecule has 0 saturated carbocycles. The summed E-state index contributed by atoms with van der Waals surface area (Å²) in [6.07, 6.45) is 1.89. The lowest BCUT2D eigenvalue weighted by Gasteiger charge is -2.20. The molecular weight excluding hydrogens is 264 g/mol. The molecule has 2 N–H and O–H groups in total. The van der Waals surface area contributed by atoms with Crippen LogP contribution in [0.15, 0.2) is 29.2 Å². The summed E-state index contributed by atoms with van der Waals surface area (Å²) in [5, 5.41) is -1.05. The average Bonchev–Trinajstić information content (AvgIpc) is 2.91. The van der Waals surface area contributed by atoms with Crippen molar-refractivity contribution in [1.82, 2.24) is 4.90 Å². The highest BCUT2D eigenvalue weighted by molar-refractivity contribution is 7.92. The number of carbonyl (C=O) groups excluding carboxylic acids is 1. The largest absolute Gasteiger partial charge is 0.399 e. The molecule has 1 aliphatic heterocycles. The summed E-state index contributed by atoms with van der Waals surface area (Å²) in [6, 6.07) is 5.94. The molecule has 2 rings (SSSR count). The number of rotatable bonds is 3. The average molecular weight is 282 g/mol. The van der Waals surface area contributed by atoms with Crippen molar-refractivity contribution >= 4 is 21.4 Å². The van der Waals surface area contributed by atoms with Crippen molar-refractivity contribution in [2.24, 2.45) is 0 Å². The Balaban J connectivity index is 2.23. The SMILES string of the molecule is CC(C(=O)N1CCCC1)S(=O)(=O)c1ccc(N)cc1. The highest BCUT2D eigenvalue weighted by atomic mass is 32.2. The Hall–Kier alpha value is -1.56. The Bertz CT molecular complexity index is 560. The van der Waals surface area contributed by atoms with Crippen molar-refractivity contribution in [1.29, 1.82) is 0 Å². The van der Waals surface area contributed by atoms with Crippen LogP contribution in [0.25, 0.3) is 0 Å². The van der Waals surface area contributed by atoms with E-state index in [1.165, 1.54) is 31.2 Å². The Labute approximate surface area is 113 Å². The summed E-state index contributed by atoms with van der Waals surface area (Å²) >= 11 is 0. The minimum Gasteiger partial charge on any atom is -0.399 e. The first kappa shape index (κ1) is 13.9. The van der Waals surface area contributed by atoms with Gasteiger partial charge < -0.3 is 10.6 Å². The van der Waals surface area contributed by atoms with Crippen LogP contribution in [0.2, 0.25) is 0 Å². The zero-order valence-corrected chi connectivity index (χ0v) is 11.7. The van der Waals surface area contributed by atoms with Gasteiger partial charge in [0.1, 0.15) is 5.25 Å². The normalized spacial score (nSPS) is 17.4. The molecule has 1 fully saturated rings. The van der Waals surface area contributed by atoms with E-state index in [1.54, 1.807) is 4.90 Å². The van der Waals surface area contributed by atoms with Crippen LogP contribution in [0.1, 0.15) is 19.8 Å². The van der Waals surface area contributed by atoms with E-state index in [-0.39, 0.29) is 10.8 Å². The predicted molar refractivity (Wildman–Crippen MR) is 73.3 cm³/mol. The van der Waals surface area contributed by atoms with Gasteiger partial charge in [-0.25, -0.2) is 8.42 Å². The van der Waals surface area contributed by atoms with E-state index in [2.05, 4.69) is 0 Å². The van der Waals surface area contributed by atoms with Crippen LogP contribution >= 0.6 is 0 Å². The number of hydrogen-bond acceptors (Lipinski definition) is 4. The van der Waals surface area contributed by atoms with Crippen molar-refractivity contribution < 1.29 is 13.2 Å². The van der Waals surface area contributed by atoms with Gasteiger partial charge >= 0.3 is 0 Å². The molecule has 0 bridgehead atoms.